The molecule has 2 saturated heterocycles. The second kappa shape index (κ2) is 5.63. The van der Waals surface area contributed by atoms with Crippen molar-refractivity contribution in [3.63, 3.8) is 0 Å². The van der Waals surface area contributed by atoms with Gasteiger partial charge in [0, 0.05) is 22.7 Å². The van der Waals surface area contributed by atoms with Gasteiger partial charge in [-0.3, -0.25) is 19.8 Å². The highest BCUT2D eigenvalue weighted by molar-refractivity contribution is 6.07. The van der Waals surface area contributed by atoms with E-state index in [1.165, 1.54) is 0 Å². The van der Waals surface area contributed by atoms with E-state index < -0.39 is 17.5 Å². The summed E-state index contributed by atoms with van der Waals surface area (Å²) in [7, 11) is 0. The molecule has 1 spiro atoms. The number of amides is 1. The smallest absolute Gasteiger partial charge is 0.250 e. The van der Waals surface area contributed by atoms with E-state index >= 15 is 0 Å². The van der Waals surface area contributed by atoms with Crippen LogP contribution in [0.4, 0.5) is 5.69 Å². The first-order valence-electron chi connectivity index (χ1n) is 9.43. The van der Waals surface area contributed by atoms with Gasteiger partial charge in [0.1, 0.15) is 5.54 Å². The molecule has 3 unspecified atom stereocenters. The van der Waals surface area contributed by atoms with E-state index in [1.54, 1.807) is 0 Å². The summed E-state index contributed by atoms with van der Waals surface area (Å²) >= 11 is 0. The topological polar surface area (TPSA) is 75.5 Å². The summed E-state index contributed by atoms with van der Waals surface area (Å²) in [6, 6.07) is 14.5. The third-order valence-corrected chi connectivity index (χ3v) is 6.55. The average Bonchev–Trinajstić information content (AvgIpc) is 3.29. The number of hydrogen-bond donors (Lipinski definition) is 1. The molecule has 6 nitrogen and oxygen atoms in total. The fourth-order valence-electron chi connectivity index (χ4n) is 5.57. The maximum atomic E-state index is 13.4. The van der Waals surface area contributed by atoms with Crippen LogP contribution in [0.2, 0.25) is 0 Å². The second-order valence-electron chi connectivity index (χ2n) is 7.83. The fourth-order valence-corrected chi connectivity index (χ4v) is 5.57. The van der Waals surface area contributed by atoms with Crippen molar-refractivity contribution in [1.29, 1.82) is 0 Å². The Morgan fingerprint density at radius 3 is 2.67 bits per heavy atom. The molecule has 6 heteroatoms. The van der Waals surface area contributed by atoms with E-state index in [0.29, 0.717) is 6.54 Å². The SMILES string of the molecule is Cc1ccc(C2C([N+](=O)[O-])C3CCCN3[C@@]23C(=O)Nc2ccccc23)cc1. The summed E-state index contributed by atoms with van der Waals surface area (Å²) in [6.45, 7) is 2.70. The number of para-hydroxylation sites is 1. The van der Waals surface area contributed by atoms with Crippen molar-refractivity contribution in [2.75, 3.05) is 11.9 Å². The van der Waals surface area contributed by atoms with Crippen LogP contribution in [0.25, 0.3) is 0 Å². The normalized spacial score (nSPS) is 31.7. The van der Waals surface area contributed by atoms with Crippen molar-refractivity contribution in [1.82, 2.24) is 4.90 Å². The van der Waals surface area contributed by atoms with Gasteiger partial charge in [-0.2, -0.15) is 0 Å². The molecule has 1 N–H and O–H groups in total. The summed E-state index contributed by atoms with van der Waals surface area (Å²) in [5.41, 5.74) is 2.60. The van der Waals surface area contributed by atoms with Gasteiger partial charge in [-0.1, -0.05) is 48.0 Å². The van der Waals surface area contributed by atoms with E-state index in [9.17, 15) is 14.9 Å². The Kier molecular flexibility index (Phi) is 3.43. The van der Waals surface area contributed by atoms with Crippen LogP contribution >= 0.6 is 0 Å². The van der Waals surface area contributed by atoms with Crippen LogP contribution in [0, 0.1) is 17.0 Å². The zero-order chi connectivity index (χ0) is 18.8. The van der Waals surface area contributed by atoms with Gasteiger partial charge in [-0.05, 0) is 31.4 Å². The van der Waals surface area contributed by atoms with Crippen LogP contribution in [0.1, 0.15) is 35.4 Å². The van der Waals surface area contributed by atoms with E-state index in [4.69, 9.17) is 0 Å². The monoisotopic (exact) mass is 363 g/mol. The van der Waals surface area contributed by atoms with Crippen LogP contribution in [0.15, 0.2) is 48.5 Å². The van der Waals surface area contributed by atoms with Gasteiger partial charge < -0.3 is 5.32 Å². The number of hydrogen-bond acceptors (Lipinski definition) is 4. The maximum absolute atomic E-state index is 13.4. The highest BCUT2D eigenvalue weighted by atomic mass is 16.6. The Bertz CT molecular complexity index is 942. The molecule has 0 bridgehead atoms. The lowest BCUT2D eigenvalue weighted by Gasteiger charge is -2.36. The van der Waals surface area contributed by atoms with E-state index in [0.717, 1.165) is 35.2 Å². The predicted octanol–water partition coefficient (Wildman–Crippen LogP) is 3.05. The third-order valence-electron chi connectivity index (χ3n) is 6.55. The van der Waals surface area contributed by atoms with Gasteiger partial charge in [-0.25, -0.2) is 0 Å². The quantitative estimate of drug-likeness (QED) is 0.657. The van der Waals surface area contributed by atoms with Gasteiger partial charge in [0.25, 0.3) is 5.91 Å². The molecule has 0 radical (unpaired) electrons. The summed E-state index contributed by atoms with van der Waals surface area (Å²) in [5.74, 6) is -0.646. The Morgan fingerprint density at radius 1 is 1.19 bits per heavy atom. The number of nitrogens with zero attached hydrogens (tertiary/aromatic N) is 2. The highest BCUT2D eigenvalue weighted by Crippen LogP contribution is 2.59. The molecule has 1 amide bonds. The molecule has 2 aromatic carbocycles. The van der Waals surface area contributed by atoms with E-state index in [1.807, 2.05) is 55.5 Å². The van der Waals surface area contributed by atoms with Crippen LogP contribution < -0.4 is 5.32 Å². The van der Waals surface area contributed by atoms with Crippen LogP contribution in [-0.2, 0) is 10.3 Å². The predicted molar refractivity (Wildman–Crippen MR) is 101 cm³/mol. The summed E-state index contributed by atoms with van der Waals surface area (Å²) in [4.78, 5) is 27.6. The summed E-state index contributed by atoms with van der Waals surface area (Å²) in [5, 5.41) is 15.2. The molecule has 27 heavy (non-hydrogen) atoms. The number of benzene rings is 2. The highest BCUT2D eigenvalue weighted by Gasteiger charge is 2.71. The first-order chi connectivity index (χ1) is 13.0. The minimum absolute atomic E-state index is 0.134. The largest absolute Gasteiger partial charge is 0.324 e. The first kappa shape index (κ1) is 16.4. The molecular formula is C21H21N3O3. The number of anilines is 1. The number of carbonyl (C=O) groups is 1. The number of nitrogens with one attached hydrogen (secondary N) is 1. The van der Waals surface area contributed by atoms with Gasteiger partial charge in [0.15, 0.2) is 0 Å². The first-order valence-corrected chi connectivity index (χ1v) is 9.43. The minimum Gasteiger partial charge on any atom is -0.324 e. The molecule has 2 aromatic rings. The van der Waals surface area contributed by atoms with Gasteiger partial charge in [-0.15, -0.1) is 0 Å². The Hall–Kier alpha value is -2.73. The number of aryl methyl sites for hydroxylation is 1. The van der Waals surface area contributed by atoms with Crippen molar-refractivity contribution in [3.8, 4) is 0 Å². The van der Waals surface area contributed by atoms with Crippen LogP contribution in [0.3, 0.4) is 0 Å². The number of carbonyl (C=O) groups excluding carboxylic acids is 1. The van der Waals surface area contributed by atoms with Gasteiger partial charge >= 0.3 is 0 Å². The molecule has 3 heterocycles. The Morgan fingerprint density at radius 2 is 1.93 bits per heavy atom. The maximum Gasteiger partial charge on any atom is 0.250 e. The van der Waals surface area contributed by atoms with Gasteiger partial charge in [0.05, 0.1) is 12.0 Å². The van der Waals surface area contributed by atoms with Crippen LogP contribution in [0.5, 0.6) is 0 Å². The summed E-state index contributed by atoms with van der Waals surface area (Å²) in [6.07, 6.45) is 1.64. The molecule has 138 valence electrons. The van der Waals surface area contributed by atoms with Crippen LogP contribution in [-0.4, -0.2) is 34.4 Å². The third kappa shape index (κ3) is 2.02. The lowest BCUT2D eigenvalue weighted by Crippen LogP contribution is -2.50. The molecule has 5 rings (SSSR count). The second-order valence-corrected chi connectivity index (χ2v) is 7.83. The molecule has 0 aliphatic carbocycles. The van der Waals surface area contributed by atoms with E-state index in [-0.39, 0.29) is 16.9 Å². The van der Waals surface area contributed by atoms with Crippen molar-refractivity contribution in [2.24, 2.45) is 0 Å². The molecule has 0 aromatic heterocycles. The van der Waals surface area contributed by atoms with Crippen molar-refractivity contribution >= 4 is 11.6 Å². The minimum atomic E-state index is -1.01. The molecule has 3 aliphatic rings. The number of rotatable bonds is 2. The lowest BCUT2D eigenvalue weighted by molar-refractivity contribution is -0.527. The fraction of sp³-hybridized carbons (Fsp3) is 0.381. The van der Waals surface area contributed by atoms with Crippen molar-refractivity contribution in [3.05, 3.63) is 75.3 Å². The molecular weight excluding hydrogens is 342 g/mol. The molecule has 2 fully saturated rings. The number of fused-ring (bicyclic) bond motifs is 4. The molecule has 3 aliphatic heterocycles. The average molecular weight is 363 g/mol. The lowest BCUT2D eigenvalue weighted by atomic mass is 9.73. The van der Waals surface area contributed by atoms with E-state index in [2.05, 4.69) is 10.2 Å². The standard InChI is InChI=1S/C21H21N3O3/c1-13-8-10-14(11-9-13)18-19(24(26)27)17-7-4-12-23(17)21(18)15-5-2-3-6-16(15)22-20(21)25/h2-3,5-6,8-11,17-19H,4,7,12H2,1H3,(H,22,25)/t17?,18?,19?,21-/m1/s1. The number of nitro groups is 1. The molecule has 4 atom stereocenters. The van der Waals surface area contributed by atoms with Gasteiger partial charge in [0.2, 0.25) is 6.04 Å². The van der Waals surface area contributed by atoms with Crippen molar-refractivity contribution in [2.45, 2.75) is 43.3 Å². The Labute approximate surface area is 157 Å². The zero-order valence-corrected chi connectivity index (χ0v) is 15.1. The zero-order valence-electron chi connectivity index (χ0n) is 15.1. The Balaban J connectivity index is 1.80. The summed E-state index contributed by atoms with van der Waals surface area (Å²) < 4.78 is 0. The van der Waals surface area contributed by atoms with Crippen molar-refractivity contribution < 1.29 is 9.72 Å². The molecule has 0 saturated carbocycles.